The van der Waals surface area contributed by atoms with E-state index in [2.05, 4.69) is 38.3 Å². The highest BCUT2D eigenvalue weighted by Crippen LogP contribution is 2.42. The lowest BCUT2D eigenvalue weighted by Gasteiger charge is -2.46. The van der Waals surface area contributed by atoms with E-state index in [9.17, 15) is 69.3 Å². The Bertz CT molecular complexity index is 1890. The number of amides is 2. The highest BCUT2D eigenvalue weighted by atomic mass is 31.2. The maximum Gasteiger partial charge on any atom is 0.470 e. The second-order valence-electron chi connectivity index (χ2n) is 26.2. The summed E-state index contributed by atoms with van der Waals surface area (Å²) in [5, 5.41) is 83.5. The smallest absolute Gasteiger partial charge is 0.457 e. The van der Waals surface area contributed by atoms with Crippen LogP contribution in [0, 0.1) is 0 Å². The summed E-state index contributed by atoms with van der Waals surface area (Å²) in [6.07, 6.45) is 17.4. The van der Waals surface area contributed by atoms with Crippen molar-refractivity contribution in [2.24, 2.45) is 0 Å². The predicted octanol–water partition coefficient (Wildman–Crippen LogP) is 10.8. The lowest BCUT2D eigenvalue weighted by molar-refractivity contribution is -0.298. The third kappa shape index (κ3) is 40.7. The first-order valence-electron chi connectivity index (χ1n) is 36.1. The molecule has 2 saturated heterocycles. The molecule has 2 amide bonds. The van der Waals surface area contributed by atoms with Crippen LogP contribution in [-0.4, -0.2) is 168 Å². The monoisotopic (exact) mass is 1320 g/mol. The number of carbonyl (C=O) groups is 4. The molecule has 22 nitrogen and oxygen atoms in total. The summed E-state index contributed by atoms with van der Waals surface area (Å²) >= 11 is 0. The van der Waals surface area contributed by atoms with Crippen molar-refractivity contribution >= 4 is 31.6 Å². The molecule has 2 aliphatic rings. The lowest BCUT2D eigenvalue weighted by Crippen LogP contribution is -2.68. The first-order chi connectivity index (χ1) is 43.8. The SMILES string of the molecule is CCCCCCCCCCC[C@@H](O)CC(=O)N[C@@H]1[C@@H](OC(=O)C[C@H](O)CCCCCCCCCCC)[C@H](O)[C@@H](CO[C@@H]2O[C@H](CO)[C@@H](OP(=O)(O)O)[C@H](OC(=O)C[C@H](O)CCCCCCCCCCC)[C@H]2NC(=O)C[C@H](O)CCCCCCCCCCC)O[C@@H]1O. The van der Waals surface area contributed by atoms with Crippen molar-refractivity contribution in [3.05, 3.63) is 0 Å². The molecule has 2 fully saturated rings. The number of aliphatic hydroxyl groups is 7. The van der Waals surface area contributed by atoms with Crippen LogP contribution in [0.15, 0.2) is 0 Å². The summed E-state index contributed by atoms with van der Waals surface area (Å²) in [5.41, 5.74) is 0. The van der Waals surface area contributed by atoms with Gasteiger partial charge >= 0.3 is 19.8 Å². The highest BCUT2D eigenvalue weighted by molar-refractivity contribution is 7.46. The van der Waals surface area contributed by atoms with E-state index in [0.717, 1.165) is 128 Å². The molecule has 0 aromatic carbocycles. The van der Waals surface area contributed by atoms with E-state index in [1.54, 1.807) is 0 Å². The van der Waals surface area contributed by atoms with Gasteiger partial charge in [0.25, 0.3) is 0 Å². The van der Waals surface area contributed by atoms with Gasteiger partial charge in [-0.2, -0.15) is 0 Å². The number of aliphatic hydroxyl groups excluding tert-OH is 7. The number of unbranched alkanes of at least 4 members (excludes halogenated alkanes) is 32. The van der Waals surface area contributed by atoms with E-state index >= 15 is 0 Å². The van der Waals surface area contributed by atoms with Gasteiger partial charge in [0.15, 0.2) is 24.8 Å². The molecule has 0 bridgehead atoms. The zero-order valence-corrected chi connectivity index (χ0v) is 57.5. The predicted molar refractivity (Wildman–Crippen MR) is 349 cm³/mol. The molecule has 11 N–H and O–H groups in total. The molecule has 2 heterocycles. The third-order valence-corrected chi connectivity index (χ3v) is 18.1. The number of rotatable bonds is 58. The van der Waals surface area contributed by atoms with E-state index in [0.29, 0.717) is 38.5 Å². The summed E-state index contributed by atoms with van der Waals surface area (Å²) in [5.74, 6) is -3.59. The summed E-state index contributed by atoms with van der Waals surface area (Å²) in [6, 6.07) is -3.36. The van der Waals surface area contributed by atoms with Crippen LogP contribution in [0.3, 0.4) is 0 Å². The number of phosphoric acid groups is 1. The number of carbonyl (C=O) groups excluding carboxylic acids is 4. The van der Waals surface area contributed by atoms with Crippen molar-refractivity contribution in [2.75, 3.05) is 13.2 Å². The first kappa shape index (κ1) is 84.7. The average Bonchev–Trinajstić information content (AvgIpc) is 1.75. The maximum absolute atomic E-state index is 14.0. The standard InChI is InChI=1S/C68H129N2O20P/c1-5-9-13-17-21-25-29-33-37-41-51(72)45-57(76)69-61-65(88-59(78)47-53(74)43-39-35-31-27-23-19-15-11-7-3)63(80)56(86-67(61)81)50-85-68-62(70-58(77)46-52(73)42-38-34-30-26-22-18-14-10-6-2)66(64(55(49-71)87-68)90-91(82,83)84)89-60(79)48-54(75)44-40-36-32-28-24-20-16-12-8-4/h51-56,61-68,71-75,80-81H,5-50H2,1-4H3,(H,69,76)(H,70,77)(H2,82,83,84)/t51-,52-,53-,54-,55-,56-,61-,62-,63-,64-,65-,66-,67+,68-/m1/s1. The van der Waals surface area contributed by atoms with Crippen LogP contribution in [0.1, 0.15) is 310 Å². The lowest BCUT2D eigenvalue weighted by atomic mass is 9.95. The minimum Gasteiger partial charge on any atom is -0.457 e. The zero-order chi connectivity index (χ0) is 67.1. The Labute approximate surface area is 546 Å². The van der Waals surface area contributed by atoms with E-state index in [1.165, 1.54) is 77.0 Å². The van der Waals surface area contributed by atoms with Gasteiger partial charge < -0.3 is 79.9 Å². The largest absolute Gasteiger partial charge is 0.470 e. The Morgan fingerprint density at radius 1 is 0.429 bits per heavy atom. The van der Waals surface area contributed by atoms with Crippen molar-refractivity contribution in [3.8, 4) is 0 Å². The molecule has 91 heavy (non-hydrogen) atoms. The normalized spacial score (nSPS) is 23.3. The minimum atomic E-state index is -5.50. The molecule has 0 aromatic heterocycles. The summed E-state index contributed by atoms with van der Waals surface area (Å²) < 4.78 is 47.4. The minimum absolute atomic E-state index is 0.237. The van der Waals surface area contributed by atoms with Crippen LogP contribution < -0.4 is 10.6 Å². The Morgan fingerprint density at radius 3 is 1.09 bits per heavy atom. The van der Waals surface area contributed by atoms with Crippen LogP contribution in [0.2, 0.25) is 0 Å². The van der Waals surface area contributed by atoms with Gasteiger partial charge in [0.05, 0.1) is 63.3 Å². The Hall–Kier alpha value is -2.41. The molecule has 0 unspecified atom stereocenters. The van der Waals surface area contributed by atoms with E-state index in [4.69, 9.17) is 28.2 Å². The first-order valence-corrected chi connectivity index (χ1v) is 37.6. The second-order valence-corrected chi connectivity index (χ2v) is 27.4. The van der Waals surface area contributed by atoms with Gasteiger partial charge in [-0.25, -0.2) is 4.57 Å². The number of esters is 2. The summed E-state index contributed by atoms with van der Waals surface area (Å²) in [7, 11) is -5.50. The second kappa shape index (κ2) is 52.7. The van der Waals surface area contributed by atoms with Gasteiger partial charge in [0.2, 0.25) is 11.8 Å². The number of phosphoric ester groups is 1. The van der Waals surface area contributed by atoms with Crippen molar-refractivity contribution in [1.29, 1.82) is 0 Å². The number of nitrogens with one attached hydrogen (secondary N) is 2. The maximum atomic E-state index is 14.0. The Kier molecular flexibility index (Phi) is 49.1. The number of hydrogen-bond acceptors (Lipinski definition) is 18. The van der Waals surface area contributed by atoms with Crippen LogP contribution in [0.4, 0.5) is 0 Å². The molecular formula is C68H129N2O20P. The molecule has 23 heteroatoms. The van der Waals surface area contributed by atoms with Crippen LogP contribution in [-0.2, 0) is 52.0 Å². The molecule has 2 rings (SSSR count). The molecular weight excluding hydrogens is 1200 g/mol. The molecule has 0 aromatic rings. The highest BCUT2D eigenvalue weighted by Gasteiger charge is 2.54. The van der Waals surface area contributed by atoms with Crippen molar-refractivity contribution < 1.29 is 97.5 Å². The fourth-order valence-corrected chi connectivity index (χ4v) is 12.8. The molecule has 14 atom stereocenters. The molecule has 0 spiro atoms. The third-order valence-electron chi connectivity index (χ3n) is 17.6. The van der Waals surface area contributed by atoms with Gasteiger partial charge in [-0.05, 0) is 25.7 Å². The number of ether oxygens (including phenoxy) is 5. The van der Waals surface area contributed by atoms with Gasteiger partial charge in [-0.1, -0.05) is 259 Å². The summed E-state index contributed by atoms with van der Waals surface area (Å²) in [4.78, 5) is 75.4. The van der Waals surface area contributed by atoms with Crippen LogP contribution in [0.25, 0.3) is 0 Å². The Balaban J connectivity index is 2.41. The van der Waals surface area contributed by atoms with Crippen molar-refractivity contribution in [1.82, 2.24) is 10.6 Å². The Morgan fingerprint density at radius 2 is 0.747 bits per heavy atom. The summed E-state index contributed by atoms with van der Waals surface area (Å²) in [6.45, 7) is 6.87. The van der Waals surface area contributed by atoms with Crippen molar-refractivity contribution in [3.63, 3.8) is 0 Å². The van der Waals surface area contributed by atoms with E-state index < -0.39 is 150 Å². The van der Waals surface area contributed by atoms with Gasteiger partial charge in [-0.3, -0.25) is 23.7 Å². The molecule has 0 saturated carbocycles. The molecule has 2 aliphatic heterocycles. The topological polar surface area (TPSA) is 347 Å². The van der Waals surface area contributed by atoms with Gasteiger partial charge in [0, 0.05) is 0 Å². The fraction of sp³-hybridized carbons (Fsp3) is 0.941. The molecule has 0 radical (unpaired) electrons. The van der Waals surface area contributed by atoms with Gasteiger partial charge in [0.1, 0.15) is 36.5 Å². The van der Waals surface area contributed by atoms with E-state index in [1.807, 2.05) is 0 Å². The average molecular weight is 1330 g/mol. The zero-order valence-electron chi connectivity index (χ0n) is 56.6. The fourth-order valence-electron chi connectivity index (χ4n) is 12.2. The van der Waals surface area contributed by atoms with Crippen LogP contribution >= 0.6 is 7.82 Å². The quantitative estimate of drug-likeness (QED) is 0.0153. The van der Waals surface area contributed by atoms with Crippen molar-refractivity contribution in [2.45, 2.75) is 396 Å². The van der Waals surface area contributed by atoms with Gasteiger partial charge in [-0.15, -0.1) is 0 Å². The van der Waals surface area contributed by atoms with Crippen LogP contribution in [0.5, 0.6) is 0 Å². The molecule has 0 aliphatic carbocycles. The number of hydrogen-bond donors (Lipinski definition) is 11. The molecule has 536 valence electrons. The van der Waals surface area contributed by atoms with E-state index in [-0.39, 0.29) is 19.3 Å².